The number of hydrogen-bond donors (Lipinski definition) is 0. The Morgan fingerprint density at radius 2 is 2.56 bits per heavy atom. The Morgan fingerprint density at radius 3 is 3.00 bits per heavy atom. The maximum atomic E-state index is 5.59. The molecule has 0 radical (unpaired) electrons. The van der Waals surface area contributed by atoms with E-state index < -0.39 is 0 Å². The van der Waals surface area contributed by atoms with Gasteiger partial charge >= 0.3 is 0 Å². The molecule has 0 aliphatic heterocycles. The van der Waals surface area contributed by atoms with Crippen LogP contribution in [0.3, 0.4) is 0 Å². The van der Waals surface area contributed by atoms with Gasteiger partial charge < -0.3 is 4.57 Å². The van der Waals surface area contributed by atoms with Crippen molar-refractivity contribution in [3.63, 3.8) is 0 Å². The van der Waals surface area contributed by atoms with E-state index in [9.17, 15) is 0 Å². The van der Waals surface area contributed by atoms with Crippen molar-refractivity contribution in [2.45, 2.75) is 13.0 Å². The number of halogens is 1. The molecule has 3 heteroatoms. The standard InChI is InChI=1S/C6H9ClN2/c1-6(4-7)9-3-2-8-5-9/h2-3,5-6H,4H2,1H3. The summed E-state index contributed by atoms with van der Waals surface area (Å²) in [5.41, 5.74) is 0. The minimum Gasteiger partial charge on any atom is -0.334 e. The lowest BCUT2D eigenvalue weighted by atomic mass is 10.4. The number of rotatable bonds is 2. The van der Waals surface area contributed by atoms with Crippen molar-refractivity contribution in [1.29, 1.82) is 0 Å². The molecule has 1 rings (SSSR count). The zero-order valence-corrected chi connectivity index (χ0v) is 6.04. The quantitative estimate of drug-likeness (QED) is 0.578. The van der Waals surface area contributed by atoms with Crippen molar-refractivity contribution in [3.05, 3.63) is 18.7 Å². The summed E-state index contributed by atoms with van der Waals surface area (Å²) in [5.74, 6) is 0.635. The smallest absolute Gasteiger partial charge is 0.0948 e. The molecular formula is C6H9ClN2. The molecule has 1 aromatic rings. The molecule has 1 aromatic heterocycles. The summed E-state index contributed by atoms with van der Waals surface area (Å²) >= 11 is 5.59. The predicted molar refractivity (Wildman–Crippen MR) is 37.7 cm³/mol. The molecule has 0 fully saturated rings. The molecule has 0 saturated carbocycles. The van der Waals surface area contributed by atoms with Gasteiger partial charge in [0.25, 0.3) is 0 Å². The lowest BCUT2D eigenvalue weighted by Gasteiger charge is -2.06. The first-order valence-electron chi connectivity index (χ1n) is 2.88. The number of hydrogen-bond acceptors (Lipinski definition) is 1. The molecule has 0 N–H and O–H groups in total. The fourth-order valence-corrected chi connectivity index (χ4v) is 0.769. The van der Waals surface area contributed by atoms with Crippen molar-refractivity contribution in [2.75, 3.05) is 5.88 Å². The van der Waals surface area contributed by atoms with E-state index >= 15 is 0 Å². The molecular weight excluding hydrogens is 136 g/mol. The highest BCUT2D eigenvalue weighted by Crippen LogP contribution is 2.04. The maximum absolute atomic E-state index is 5.59. The topological polar surface area (TPSA) is 17.8 Å². The van der Waals surface area contributed by atoms with E-state index in [4.69, 9.17) is 11.6 Å². The number of alkyl halides is 1. The summed E-state index contributed by atoms with van der Waals surface area (Å²) in [5, 5.41) is 0. The molecule has 1 heterocycles. The molecule has 0 aliphatic carbocycles. The first-order valence-corrected chi connectivity index (χ1v) is 3.41. The number of nitrogens with zero attached hydrogens (tertiary/aromatic N) is 2. The average molecular weight is 145 g/mol. The largest absolute Gasteiger partial charge is 0.334 e. The van der Waals surface area contributed by atoms with Crippen LogP contribution in [0.4, 0.5) is 0 Å². The summed E-state index contributed by atoms with van der Waals surface area (Å²) in [4.78, 5) is 3.90. The molecule has 1 atom stereocenters. The normalized spacial score (nSPS) is 13.6. The van der Waals surface area contributed by atoms with E-state index in [-0.39, 0.29) is 0 Å². The van der Waals surface area contributed by atoms with Crippen LogP contribution in [0.25, 0.3) is 0 Å². The Kier molecular flexibility index (Phi) is 2.11. The van der Waals surface area contributed by atoms with Gasteiger partial charge in [-0.25, -0.2) is 4.98 Å². The van der Waals surface area contributed by atoms with Crippen LogP contribution in [0, 0.1) is 0 Å². The van der Waals surface area contributed by atoms with Crippen molar-refractivity contribution < 1.29 is 0 Å². The lowest BCUT2D eigenvalue weighted by molar-refractivity contribution is 0.606. The van der Waals surface area contributed by atoms with E-state index in [2.05, 4.69) is 11.9 Å². The second-order valence-electron chi connectivity index (χ2n) is 2.01. The van der Waals surface area contributed by atoms with Gasteiger partial charge in [-0.3, -0.25) is 0 Å². The summed E-state index contributed by atoms with van der Waals surface area (Å²) in [6.45, 7) is 2.05. The molecule has 0 bridgehead atoms. The van der Waals surface area contributed by atoms with Crippen LogP contribution in [-0.4, -0.2) is 15.4 Å². The van der Waals surface area contributed by atoms with Gasteiger partial charge in [-0.2, -0.15) is 0 Å². The van der Waals surface area contributed by atoms with E-state index in [1.54, 1.807) is 12.5 Å². The van der Waals surface area contributed by atoms with Crippen molar-refractivity contribution in [3.8, 4) is 0 Å². The second-order valence-corrected chi connectivity index (χ2v) is 2.32. The van der Waals surface area contributed by atoms with Gasteiger partial charge in [-0.15, -0.1) is 11.6 Å². The highest BCUT2D eigenvalue weighted by atomic mass is 35.5. The molecule has 0 saturated heterocycles. The third-order valence-electron chi connectivity index (χ3n) is 1.26. The van der Waals surface area contributed by atoms with Crippen LogP contribution >= 0.6 is 11.6 Å². The maximum Gasteiger partial charge on any atom is 0.0948 e. The van der Waals surface area contributed by atoms with Crippen LogP contribution in [0.1, 0.15) is 13.0 Å². The third kappa shape index (κ3) is 1.45. The van der Waals surface area contributed by atoms with Gasteiger partial charge in [0.2, 0.25) is 0 Å². The fourth-order valence-electron chi connectivity index (χ4n) is 0.610. The van der Waals surface area contributed by atoms with Crippen molar-refractivity contribution in [2.24, 2.45) is 0 Å². The Bertz CT molecular complexity index is 160. The predicted octanol–water partition coefficient (Wildman–Crippen LogP) is 1.68. The molecule has 0 aliphatic rings. The van der Waals surface area contributed by atoms with Crippen LogP contribution in [0.2, 0.25) is 0 Å². The van der Waals surface area contributed by atoms with Crippen molar-refractivity contribution >= 4 is 11.6 Å². The third-order valence-corrected chi connectivity index (χ3v) is 1.70. The Morgan fingerprint density at radius 1 is 1.78 bits per heavy atom. The van der Waals surface area contributed by atoms with Gasteiger partial charge in [-0.05, 0) is 6.92 Å². The van der Waals surface area contributed by atoms with E-state index in [1.807, 2.05) is 10.8 Å². The highest BCUT2D eigenvalue weighted by molar-refractivity contribution is 6.18. The summed E-state index contributed by atoms with van der Waals surface area (Å²) < 4.78 is 1.98. The molecule has 0 amide bonds. The van der Waals surface area contributed by atoms with Crippen LogP contribution < -0.4 is 0 Å². The average Bonchev–Trinajstić information content (AvgIpc) is 2.37. The Labute approximate surface area is 59.5 Å². The second kappa shape index (κ2) is 2.87. The SMILES string of the molecule is CC(CCl)n1ccnc1. The van der Waals surface area contributed by atoms with E-state index in [0.717, 1.165) is 0 Å². The first kappa shape index (κ1) is 6.62. The summed E-state index contributed by atoms with van der Waals surface area (Å²) in [7, 11) is 0. The monoisotopic (exact) mass is 144 g/mol. The first-order chi connectivity index (χ1) is 4.34. The number of imidazole rings is 1. The van der Waals surface area contributed by atoms with Gasteiger partial charge in [0, 0.05) is 24.3 Å². The zero-order valence-electron chi connectivity index (χ0n) is 5.29. The number of aromatic nitrogens is 2. The summed E-state index contributed by atoms with van der Waals surface area (Å²) in [6, 6.07) is 0.356. The minimum atomic E-state index is 0.356. The van der Waals surface area contributed by atoms with E-state index in [1.165, 1.54) is 0 Å². The fraction of sp³-hybridized carbons (Fsp3) is 0.500. The van der Waals surface area contributed by atoms with E-state index in [0.29, 0.717) is 11.9 Å². The zero-order chi connectivity index (χ0) is 6.69. The van der Waals surface area contributed by atoms with Gasteiger partial charge in [0.05, 0.1) is 6.33 Å². The van der Waals surface area contributed by atoms with Gasteiger partial charge in [0.15, 0.2) is 0 Å². The molecule has 2 nitrogen and oxygen atoms in total. The van der Waals surface area contributed by atoms with Gasteiger partial charge in [-0.1, -0.05) is 0 Å². The van der Waals surface area contributed by atoms with Crippen LogP contribution in [0.5, 0.6) is 0 Å². The Hall–Kier alpha value is -0.500. The summed E-state index contributed by atoms with van der Waals surface area (Å²) in [6.07, 6.45) is 5.43. The molecule has 0 spiro atoms. The molecule has 0 aromatic carbocycles. The molecule has 1 unspecified atom stereocenters. The van der Waals surface area contributed by atoms with Crippen molar-refractivity contribution in [1.82, 2.24) is 9.55 Å². The lowest BCUT2D eigenvalue weighted by Crippen LogP contribution is -2.02. The van der Waals surface area contributed by atoms with Crippen LogP contribution in [-0.2, 0) is 0 Å². The van der Waals surface area contributed by atoms with Crippen LogP contribution in [0.15, 0.2) is 18.7 Å². The minimum absolute atomic E-state index is 0.356. The molecule has 50 valence electrons. The van der Waals surface area contributed by atoms with Gasteiger partial charge in [0.1, 0.15) is 0 Å². The highest BCUT2D eigenvalue weighted by Gasteiger charge is 1.98. The molecule has 9 heavy (non-hydrogen) atoms. The Balaban J connectivity index is 2.65.